The maximum Gasteiger partial charge on any atom is 0.219 e. The summed E-state index contributed by atoms with van der Waals surface area (Å²) in [5.41, 5.74) is 2.49. The maximum atomic E-state index is 11.3. The zero-order valence-corrected chi connectivity index (χ0v) is 16.2. The Morgan fingerprint density at radius 1 is 1.24 bits per heavy atom. The van der Waals surface area contributed by atoms with Crippen molar-refractivity contribution in [1.29, 1.82) is 0 Å². The van der Waals surface area contributed by atoms with Gasteiger partial charge < -0.3 is 14.7 Å². The molecule has 5 nitrogen and oxygen atoms in total. The van der Waals surface area contributed by atoms with Gasteiger partial charge in [0, 0.05) is 39.6 Å². The molecule has 1 aliphatic heterocycles. The van der Waals surface area contributed by atoms with E-state index in [1.165, 1.54) is 5.56 Å². The molecule has 1 atom stereocenters. The average molecular weight is 348 g/mol. The summed E-state index contributed by atoms with van der Waals surface area (Å²) in [4.78, 5) is 15.4. The van der Waals surface area contributed by atoms with Crippen LogP contribution in [0.3, 0.4) is 0 Å². The third kappa shape index (κ3) is 5.72. The van der Waals surface area contributed by atoms with Crippen molar-refractivity contribution >= 4 is 5.91 Å². The molecule has 0 aliphatic carbocycles. The van der Waals surface area contributed by atoms with Crippen LogP contribution < -0.4 is 4.74 Å². The number of piperazine rings is 1. The second-order valence-corrected chi connectivity index (χ2v) is 8.00. The number of carbonyl (C=O) groups excluding carboxylic acids is 1. The van der Waals surface area contributed by atoms with Crippen LogP contribution in [0, 0.1) is 6.92 Å². The van der Waals surface area contributed by atoms with E-state index < -0.39 is 6.10 Å². The molecule has 1 aliphatic rings. The topological polar surface area (TPSA) is 53.0 Å². The Labute approximate surface area is 151 Å². The number of amides is 1. The van der Waals surface area contributed by atoms with E-state index in [-0.39, 0.29) is 17.9 Å². The number of ether oxygens (including phenoxy) is 1. The molecule has 0 aromatic heterocycles. The van der Waals surface area contributed by atoms with Gasteiger partial charge in [0.25, 0.3) is 0 Å². The van der Waals surface area contributed by atoms with Crippen molar-refractivity contribution in [2.75, 3.05) is 39.3 Å². The Morgan fingerprint density at radius 2 is 1.88 bits per heavy atom. The Morgan fingerprint density at radius 3 is 2.40 bits per heavy atom. The molecule has 1 aromatic carbocycles. The molecule has 0 unspecified atom stereocenters. The highest BCUT2D eigenvalue weighted by atomic mass is 16.5. The number of nitrogens with zero attached hydrogens (tertiary/aromatic N) is 2. The number of benzene rings is 1. The predicted molar refractivity (Wildman–Crippen MR) is 100 cm³/mol. The molecule has 1 fully saturated rings. The first-order valence-corrected chi connectivity index (χ1v) is 9.06. The fourth-order valence-corrected chi connectivity index (χ4v) is 3.06. The monoisotopic (exact) mass is 348 g/mol. The Bertz CT molecular complexity index is 587. The van der Waals surface area contributed by atoms with E-state index in [4.69, 9.17) is 4.74 Å². The molecule has 2 rings (SSSR count). The second kappa shape index (κ2) is 8.19. The number of hydrogen-bond acceptors (Lipinski definition) is 4. The third-order valence-electron chi connectivity index (χ3n) is 4.76. The van der Waals surface area contributed by atoms with Gasteiger partial charge in [-0.1, -0.05) is 32.9 Å². The van der Waals surface area contributed by atoms with E-state index in [2.05, 4.69) is 37.8 Å². The van der Waals surface area contributed by atoms with Crippen LogP contribution in [0.5, 0.6) is 5.75 Å². The van der Waals surface area contributed by atoms with Gasteiger partial charge in [-0.15, -0.1) is 0 Å². The van der Waals surface area contributed by atoms with E-state index in [1.807, 2.05) is 17.9 Å². The average Bonchev–Trinajstić information content (AvgIpc) is 2.53. The molecule has 0 bridgehead atoms. The highest BCUT2D eigenvalue weighted by molar-refractivity contribution is 5.73. The smallest absolute Gasteiger partial charge is 0.219 e. The number of aryl methyl sites for hydroxylation is 1. The van der Waals surface area contributed by atoms with Crippen molar-refractivity contribution in [2.45, 2.75) is 46.1 Å². The van der Waals surface area contributed by atoms with Gasteiger partial charge in [0.15, 0.2) is 0 Å². The summed E-state index contributed by atoms with van der Waals surface area (Å²) in [6.45, 7) is 14.1. The lowest BCUT2D eigenvalue weighted by atomic mass is 9.86. The zero-order chi connectivity index (χ0) is 18.6. The van der Waals surface area contributed by atoms with Crippen molar-refractivity contribution in [3.8, 4) is 5.75 Å². The summed E-state index contributed by atoms with van der Waals surface area (Å²) < 4.78 is 5.83. The number of carbonyl (C=O) groups is 1. The first kappa shape index (κ1) is 19.7. The van der Waals surface area contributed by atoms with E-state index in [1.54, 1.807) is 6.92 Å². The highest BCUT2D eigenvalue weighted by Gasteiger charge is 2.21. The molecule has 0 radical (unpaired) electrons. The van der Waals surface area contributed by atoms with Gasteiger partial charge >= 0.3 is 0 Å². The van der Waals surface area contributed by atoms with Gasteiger partial charge in [0.1, 0.15) is 18.5 Å². The highest BCUT2D eigenvalue weighted by Crippen LogP contribution is 2.27. The van der Waals surface area contributed by atoms with Crippen LogP contribution in [0.15, 0.2) is 18.2 Å². The summed E-state index contributed by atoms with van der Waals surface area (Å²) in [6.07, 6.45) is -0.537. The standard InChI is InChI=1S/C20H32N2O3/c1-15-12-17(20(3,4)5)6-7-19(15)25-14-18(24)13-21-8-10-22(11-9-21)16(2)23/h6-7,12,18,24H,8-11,13-14H2,1-5H3/t18-/m1/s1. The van der Waals surface area contributed by atoms with Gasteiger partial charge in [-0.05, 0) is 29.5 Å². The molecule has 1 heterocycles. The second-order valence-electron chi connectivity index (χ2n) is 8.00. The van der Waals surface area contributed by atoms with E-state index in [0.29, 0.717) is 6.54 Å². The predicted octanol–water partition coefficient (Wildman–Crippen LogP) is 2.20. The minimum absolute atomic E-state index is 0.116. The van der Waals surface area contributed by atoms with Crippen LogP contribution in [0.1, 0.15) is 38.8 Å². The van der Waals surface area contributed by atoms with Crippen LogP contribution in [-0.4, -0.2) is 66.2 Å². The summed E-state index contributed by atoms with van der Waals surface area (Å²) in [5, 5.41) is 10.3. The molecule has 1 N–H and O–H groups in total. The molecule has 25 heavy (non-hydrogen) atoms. The molecular weight excluding hydrogens is 316 g/mol. The third-order valence-corrected chi connectivity index (χ3v) is 4.76. The summed E-state index contributed by atoms with van der Waals surface area (Å²) in [5.74, 6) is 0.950. The fraction of sp³-hybridized carbons (Fsp3) is 0.650. The van der Waals surface area contributed by atoms with Crippen molar-refractivity contribution in [1.82, 2.24) is 9.80 Å². The van der Waals surface area contributed by atoms with Gasteiger partial charge in [-0.2, -0.15) is 0 Å². The Balaban J connectivity index is 1.80. The van der Waals surface area contributed by atoms with Crippen molar-refractivity contribution in [3.63, 3.8) is 0 Å². The molecule has 5 heteroatoms. The molecule has 1 aromatic rings. The summed E-state index contributed by atoms with van der Waals surface area (Å²) in [6, 6.07) is 6.24. The van der Waals surface area contributed by atoms with Crippen molar-refractivity contribution in [2.24, 2.45) is 0 Å². The van der Waals surface area contributed by atoms with Crippen LogP contribution >= 0.6 is 0 Å². The summed E-state index contributed by atoms with van der Waals surface area (Å²) in [7, 11) is 0. The van der Waals surface area contributed by atoms with Gasteiger partial charge in [-0.3, -0.25) is 9.69 Å². The van der Waals surface area contributed by atoms with Crippen LogP contribution in [-0.2, 0) is 10.2 Å². The van der Waals surface area contributed by atoms with Crippen LogP contribution in [0.25, 0.3) is 0 Å². The van der Waals surface area contributed by atoms with Crippen LogP contribution in [0.4, 0.5) is 0 Å². The van der Waals surface area contributed by atoms with E-state index in [0.717, 1.165) is 37.5 Å². The fourth-order valence-electron chi connectivity index (χ4n) is 3.06. The van der Waals surface area contributed by atoms with Gasteiger partial charge in [-0.25, -0.2) is 0 Å². The van der Waals surface area contributed by atoms with E-state index >= 15 is 0 Å². The number of hydrogen-bond donors (Lipinski definition) is 1. The largest absolute Gasteiger partial charge is 0.491 e. The first-order chi connectivity index (χ1) is 11.7. The van der Waals surface area contributed by atoms with Gasteiger partial charge in [0.2, 0.25) is 5.91 Å². The normalized spacial score (nSPS) is 17.4. The molecule has 1 saturated heterocycles. The quantitative estimate of drug-likeness (QED) is 0.886. The van der Waals surface area contributed by atoms with E-state index in [9.17, 15) is 9.90 Å². The lowest BCUT2D eigenvalue weighted by Crippen LogP contribution is -2.50. The Hall–Kier alpha value is -1.59. The first-order valence-electron chi connectivity index (χ1n) is 9.06. The zero-order valence-electron chi connectivity index (χ0n) is 16.2. The summed E-state index contributed by atoms with van der Waals surface area (Å²) >= 11 is 0. The lowest BCUT2D eigenvalue weighted by Gasteiger charge is -2.35. The molecule has 0 spiro atoms. The number of β-amino-alcohol motifs (C(OH)–C–C–N with tert-alkyl or cyclic N) is 1. The molecule has 0 saturated carbocycles. The minimum Gasteiger partial charge on any atom is -0.491 e. The molecule has 1 amide bonds. The van der Waals surface area contributed by atoms with Crippen LogP contribution in [0.2, 0.25) is 0 Å². The Kier molecular flexibility index (Phi) is 6.47. The number of rotatable bonds is 5. The number of aliphatic hydroxyl groups excluding tert-OH is 1. The van der Waals surface area contributed by atoms with Crippen molar-refractivity contribution in [3.05, 3.63) is 29.3 Å². The van der Waals surface area contributed by atoms with Crippen molar-refractivity contribution < 1.29 is 14.6 Å². The molecule has 140 valence electrons. The minimum atomic E-state index is -0.537. The molecular formula is C20H32N2O3. The van der Waals surface area contributed by atoms with Gasteiger partial charge in [0.05, 0.1) is 0 Å². The SMILES string of the molecule is CC(=O)N1CCN(C[C@@H](O)COc2ccc(C(C)(C)C)cc2C)CC1. The maximum absolute atomic E-state index is 11.3. The number of aliphatic hydroxyl groups is 1. The lowest BCUT2D eigenvalue weighted by molar-refractivity contribution is -0.130.